The number of rotatable bonds is 1. The van der Waals surface area contributed by atoms with Gasteiger partial charge in [0, 0.05) is 23.8 Å². The summed E-state index contributed by atoms with van der Waals surface area (Å²) in [5, 5.41) is 0.830. The molecule has 3 nitrogen and oxygen atoms in total. The Balaban J connectivity index is 2.01. The van der Waals surface area contributed by atoms with E-state index in [0.29, 0.717) is 18.0 Å². The van der Waals surface area contributed by atoms with Crippen molar-refractivity contribution in [2.75, 3.05) is 13.1 Å². The maximum Gasteiger partial charge on any atom is 0.264 e. The van der Waals surface area contributed by atoms with Gasteiger partial charge in [0.25, 0.3) is 5.91 Å². The first kappa shape index (κ1) is 12.6. The summed E-state index contributed by atoms with van der Waals surface area (Å²) in [5.74, 6) is -0.248. The lowest BCUT2D eigenvalue weighted by Crippen LogP contribution is -2.31. The molecule has 1 fully saturated rings. The number of nitrogens with zero attached hydrogens (tertiary/aromatic N) is 1. The summed E-state index contributed by atoms with van der Waals surface area (Å²) in [6.45, 7) is 3.20. The number of halogens is 1. The molecule has 1 saturated heterocycles. The van der Waals surface area contributed by atoms with Crippen LogP contribution in [-0.4, -0.2) is 29.9 Å². The van der Waals surface area contributed by atoms with Gasteiger partial charge in [-0.2, -0.15) is 0 Å². The first-order valence-electron chi connectivity index (χ1n) is 6.30. The van der Waals surface area contributed by atoms with Crippen LogP contribution in [0.3, 0.4) is 0 Å². The third kappa shape index (κ3) is 2.13. The molecule has 1 aromatic carbocycles. The largest absolute Gasteiger partial charge is 0.336 e. The molecule has 1 aromatic heterocycles. The minimum atomic E-state index is -0.268. The molecule has 0 saturated carbocycles. The number of fused-ring (bicyclic) bond motifs is 1. The van der Waals surface area contributed by atoms with Crippen molar-refractivity contribution in [1.82, 2.24) is 4.90 Å². The molecule has 0 unspecified atom stereocenters. The summed E-state index contributed by atoms with van der Waals surface area (Å²) < 4.78 is 14.2. The number of thiophene rings is 1. The van der Waals surface area contributed by atoms with Gasteiger partial charge in [0.05, 0.1) is 4.88 Å². The Morgan fingerprint density at radius 3 is 3.00 bits per heavy atom. The number of carbonyl (C=O) groups is 1. The fourth-order valence-corrected chi connectivity index (χ4v) is 3.67. The smallest absolute Gasteiger partial charge is 0.264 e. The van der Waals surface area contributed by atoms with Crippen LogP contribution in [0.15, 0.2) is 18.2 Å². The molecule has 1 aliphatic rings. The Kier molecular flexibility index (Phi) is 3.03. The zero-order valence-corrected chi connectivity index (χ0v) is 11.5. The molecule has 2 aromatic rings. The van der Waals surface area contributed by atoms with Gasteiger partial charge < -0.3 is 10.6 Å². The molecule has 1 atom stereocenters. The Morgan fingerprint density at radius 2 is 2.32 bits per heavy atom. The minimum absolute atomic E-state index is 0.0204. The van der Waals surface area contributed by atoms with Gasteiger partial charge in [-0.3, -0.25) is 4.79 Å². The summed E-state index contributed by atoms with van der Waals surface area (Å²) in [4.78, 5) is 14.9. The minimum Gasteiger partial charge on any atom is -0.336 e. The molecule has 1 aliphatic heterocycles. The fourth-order valence-electron chi connectivity index (χ4n) is 2.51. The van der Waals surface area contributed by atoms with E-state index in [4.69, 9.17) is 5.73 Å². The van der Waals surface area contributed by atoms with Crippen LogP contribution in [0.4, 0.5) is 4.39 Å². The van der Waals surface area contributed by atoms with E-state index >= 15 is 0 Å². The third-order valence-corrected chi connectivity index (χ3v) is 4.87. The van der Waals surface area contributed by atoms with Crippen LogP contribution in [0.1, 0.15) is 21.7 Å². The molecule has 0 spiro atoms. The third-order valence-electron chi connectivity index (χ3n) is 3.60. The van der Waals surface area contributed by atoms with E-state index in [0.717, 1.165) is 22.1 Å². The SMILES string of the molecule is Cc1c(C(=O)N2CC[C@@H](N)C2)sc2ccc(F)cc12. The molecule has 1 amide bonds. The first-order valence-corrected chi connectivity index (χ1v) is 7.11. The van der Waals surface area contributed by atoms with E-state index in [2.05, 4.69) is 0 Å². The highest BCUT2D eigenvalue weighted by Crippen LogP contribution is 2.32. The highest BCUT2D eigenvalue weighted by atomic mass is 32.1. The summed E-state index contributed by atoms with van der Waals surface area (Å²) in [7, 11) is 0. The lowest BCUT2D eigenvalue weighted by atomic mass is 10.1. The molecule has 0 aliphatic carbocycles. The zero-order chi connectivity index (χ0) is 13.6. The van der Waals surface area contributed by atoms with Crippen molar-refractivity contribution in [3.8, 4) is 0 Å². The Morgan fingerprint density at radius 1 is 1.53 bits per heavy atom. The number of aryl methyl sites for hydroxylation is 1. The highest BCUT2D eigenvalue weighted by Gasteiger charge is 2.27. The molecule has 5 heteroatoms. The van der Waals surface area contributed by atoms with E-state index in [-0.39, 0.29) is 17.8 Å². The van der Waals surface area contributed by atoms with Crippen molar-refractivity contribution < 1.29 is 9.18 Å². The molecule has 0 radical (unpaired) electrons. The van der Waals surface area contributed by atoms with Gasteiger partial charge in [0.2, 0.25) is 0 Å². The average Bonchev–Trinajstić information content (AvgIpc) is 2.94. The Hall–Kier alpha value is -1.46. The maximum atomic E-state index is 13.3. The van der Waals surface area contributed by atoms with Crippen LogP contribution in [0.25, 0.3) is 10.1 Å². The van der Waals surface area contributed by atoms with Crippen molar-refractivity contribution in [3.63, 3.8) is 0 Å². The van der Waals surface area contributed by atoms with E-state index in [1.165, 1.54) is 23.5 Å². The summed E-state index contributed by atoms with van der Waals surface area (Å²) in [6, 6.07) is 4.73. The van der Waals surface area contributed by atoms with Crippen molar-refractivity contribution in [1.29, 1.82) is 0 Å². The summed E-state index contributed by atoms with van der Waals surface area (Å²) >= 11 is 1.43. The van der Waals surface area contributed by atoms with Crippen LogP contribution in [0.2, 0.25) is 0 Å². The predicted molar refractivity (Wildman–Crippen MR) is 75.0 cm³/mol. The number of benzene rings is 1. The molecule has 3 rings (SSSR count). The molecular formula is C14H15FN2OS. The highest BCUT2D eigenvalue weighted by molar-refractivity contribution is 7.21. The van der Waals surface area contributed by atoms with Crippen molar-refractivity contribution >= 4 is 27.3 Å². The second kappa shape index (κ2) is 4.58. The molecule has 2 N–H and O–H groups in total. The fraction of sp³-hybridized carbons (Fsp3) is 0.357. The van der Waals surface area contributed by atoms with Crippen LogP contribution < -0.4 is 5.73 Å². The zero-order valence-electron chi connectivity index (χ0n) is 10.6. The summed E-state index contributed by atoms with van der Waals surface area (Å²) in [6.07, 6.45) is 0.851. The van der Waals surface area contributed by atoms with Crippen LogP contribution >= 0.6 is 11.3 Å². The summed E-state index contributed by atoms with van der Waals surface area (Å²) in [5.41, 5.74) is 6.70. The van der Waals surface area contributed by atoms with Gasteiger partial charge in [-0.15, -0.1) is 11.3 Å². The molecule has 2 heterocycles. The molecule has 100 valence electrons. The predicted octanol–water partition coefficient (Wildman–Crippen LogP) is 2.52. The van der Waals surface area contributed by atoms with Crippen molar-refractivity contribution in [2.24, 2.45) is 5.73 Å². The van der Waals surface area contributed by atoms with Crippen LogP contribution in [-0.2, 0) is 0 Å². The van der Waals surface area contributed by atoms with Gasteiger partial charge in [-0.1, -0.05) is 0 Å². The number of likely N-dealkylation sites (tertiary alicyclic amines) is 1. The second-order valence-corrected chi connectivity index (χ2v) is 6.05. The lowest BCUT2D eigenvalue weighted by Gasteiger charge is -2.15. The van der Waals surface area contributed by atoms with Gasteiger partial charge in [0.15, 0.2) is 0 Å². The van der Waals surface area contributed by atoms with Crippen molar-refractivity contribution in [3.05, 3.63) is 34.5 Å². The Labute approximate surface area is 114 Å². The number of carbonyl (C=O) groups excluding carboxylic acids is 1. The van der Waals surface area contributed by atoms with E-state index in [1.807, 2.05) is 6.92 Å². The second-order valence-electron chi connectivity index (χ2n) is 5.00. The molecular weight excluding hydrogens is 263 g/mol. The normalized spacial score (nSPS) is 19.3. The van der Waals surface area contributed by atoms with Gasteiger partial charge in [0.1, 0.15) is 5.82 Å². The quantitative estimate of drug-likeness (QED) is 0.871. The topological polar surface area (TPSA) is 46.3 Å². The van der Waals surface area contributed by atoms with Crippen molar-refractivity contribution in [2.45, 2.75) is 19.4 Å². The number of hydrogen-bond donors (Lipinski definition) is 1. The lowest BCUT2D eigenvalue weighted by molar-refractivity contribution is 0.0795. The maximum absolute atomic E-state index is 13.3. The number of hydrogen-bond acceptors (Lipinski definition) is 3. The average molecular weight is 278 g/mol. The van der Waals surface area contributed by atoms with E-state index in [1.54, 1.807) is 11.0 Å². The monoisotopic (exact) mass is 278 g/mol. The van der Waals surface area contributed by atoms with Crippen LogP contribution in [0, 0.1) is 12.7 Å². The molecule has 19 heavy (non-hydrogen) atoms. The number of amides is 1. The molecule has 0 bridgehead atoms. The van der Waals surface area contributed by atoms with Crippen LogP contribution in [0.5, 0.6) is 0 Å². The van der Waals surface area contributed by atoms with Gasteiger partial charge in [-0.05, 0) is 42.5 Å². The number of nitrogens with two attached hydrogens (primary N) is 1. The first-order chi connectivity index (χ1) is 9.06. The van der Waals surface area contributed by atoms with E-state index in [9.17, 15) is 9.18 Å². The standard InChI is InChI=1S/C14H15FN2OS/c1-8-11-6-9(15)2-3-12(11)19-13(8)14(18)17-5-4-10(16)7-17/h2-3,6,10H,4-5,7,16H2,1H3/t10-/m1/s1. The van der Waals surface area contributed by atoms with E-state index < -0.39 is 0 Å². The van der Waals surface area contributed by atoms with Gasteiger partial charge in [-0.25, -0.2) is 4.39 Å². The Bertz CT molecular complexity index is 652. The van der Waals surface area contributed by atoms with Gasteiger partial charge >= 0.3 is 0 Å².